The van der Waals surface area contributed by atoms with Crippen molar-refractivity contribution in [1.29, 1.82) is 0 Å². The highest BCUT2D eigenvalue weighted by molar-refractivity contribution is 7.10. The number of amides is 1. The average Bonchev–Trinajstić information content (AvgIpc) is 3.08. The van der Waals surface area contributed by atoms with Crippen molar-refractivity contribution in [2.45, 2.75) is 24.9 Å². The van der Waals surface area contributed by atoms with Gasteiger partial charge < -0.3 is 14.6 Å². The molecule has 126 valence electrons. The van der Waals surface area contributed by atoms with Crippen molar-refractivity contribution < 1.29 is 9.53 Å². The van der Waals surface area contributed by atoms with E-state index in [0.717, 1.165) is 25.9 Å². The van der Waals surface area contributed by atoms with E-state index in [1.54, 1.807) is 16.2 Å². The van der Waals surface area contributed by atoms with Gasteiger partial charge >= 0.3 is 0 Å². The Balaban J connectivity index is 1.52. The van der Waals surface area contributed by atoms with Crippen molar-refractivity contribution in [1.82, 2.24) is 9.88 Å². The number of nitrogens with zero attached hydrogens (tertiary/aromatic N) is 1. The maximum Gasteiger partial charge on any atom is 0.266 e. The summed E-state index contributed by atoms with van der Waals surface area (Å²) in [5.74, 6) is -0.107. The molecule has 1 fully saturated rings. The van der Waals surface area contributed by atoms with E-state index in [4.69, 9.17) is 16.3 Å². The van der Waals surface area contributed by atoms with Crippen molar-refractivity contribution >= 4 is 28.8 Å². The zero-order chi connectivity index (χ0) is 16.7. The van der Waals surface area contributed by atoms with Crippen LogP contribution < -0.4 is 5.56 Å². The van der Waals surface area contributed by atoms with Crippen LogP contribution in [0.2, 0.25) is 5.02 Å². The standard InChI is InChI=1S/C17H17ClN2O3S/c18-13-9-11(10-19-15(13)21)16(22)20-5-3-17(4-6-20)12-2-8-24-14(12)1-7-23-17/h2,8-10H,1,3-7H2,(H,19,21). The molecule has 0 unspecified atom stereocenters. The van der Waals surface area contributed by atoms with Crippen LogP contribution in [0, 0.1) is 0 Å². The van der Waals surface area contributed by atoms with Crippen LogP contribution in [-0.4, -0.2) is 35.5 Å². The first-order chi connectivity index (χ1) is 11.6. The lowest BCUT2D eigenvalue weighted by atomic mass is 9.82. The molecule has 2 aromatic rings. The Bertz CT molecular complexity index is 836. The van der Waals surface area contributed by atoms with E-state index in [0.29, 0.717) is 18.7 Å². The van der Waals surface area contributed by atoms with Gasteiger partial charge in [-0.2, -0.15) is 0 Å². The Kier molecular flexibility index (Phi) is 3.98. The normalized spacial score (nSPS) is 19.3. The molecule has 0 atom stereocenters. The highest BCUT2D eigenvalue weighted by atomic mass is 35.5. The van der Waals surface area contributed by atoms with E-state index in [2.05, 4.69) is 16.4 Å². The molecule has 2 aromatic heterocycles. The van der Waals surface area contributed by atoms with Gasteiger partial charge in [0.1, 0.15) is 5.02 Å². The summed E-state index contributed by atoms with van der Waals surface area (Å²) in [6.45, 7) is 2.01. The number of aromatic amines is 1. The molecule has 7 heteroatoms. The van der Waals surface area contributed by atoms with Gasteiger partial charge in [0.2, 0.25) is 0 Å². The van der Waals surface area contributed by atoms with Crippen molar-refractivity contribution in [3.05, 3.63) is 55.1 Å². The molecule has 1 N–H and O–H groups in total. The summed E-state index contributed by atoms with van der Waals surface area (Å²) in [4.78, 5) is 29.7. The van der Waals surface area contributed by atoms with E-state index < -0.39 is 0 Å². The topological polar surface area (TPSA) is 62.4 Å². The van der Waals surface area contributed by atoms with E-state index in [-0.39, 0.29) is 22.1 Å². The average molecular weight is 365 g/mol. The van der Waals surface area contributed by atoms with Crippen molar-refractivity contribution in [3.63, 3.8) is 0 Å². The molecule has 0 saturated carbocycles. The summed E-state index contributed by atoms with van der Waals surface area (Å²) in [5, 5.41) is 2.16. The molecule has 5 nitrogen and oxygen atoms in total. The third-order valence-corrected chi connectivity index (χ3v) is 6.17. The van der Waals surface area contributed by atoms with Gasteiger partial charge in [-0.3, -0.25) is 9.59 Å². The van der Waals surface area contributed by atoms with Crippen molar-refractivity contribution in [2.24, 2.45) is 0 Å². The second kappa shape index (κ2) is 6.02. The lowest BCUT2D eigenvalue weighted by molar-refractivity contribution is -0.0926. The van der Waals surface area contributed by atoms with E-state index in [1.807, 2.05) is 0 Å². The first-order valence-electron chi connectivity index (χ1n) is 7.97. The number of carbonyl (C=O) groups is 1. The minimum absolute atomic E-state index is 0.0351. The number of carbonyl (C=O) groups excluding carboxylic acids is 1. The number of pyridine rings is 1. The molecule has 1 saturated heterocycles. The van der Waals surface area contributed by atoms with Gasteiger partial charge in [-0.25, -0.2) is 0 Å². The van der Waals surface area contributed by atoms with E-state index in [9.17, 15) is 9.59 Å². The fourth-order valence-corrected chi connectivity index (χ4v) is 4.73. The number of fused-ring (bicyclic) bond motifs is 2. The Labute approximate surface area is 148 Å². The molecular weight excluding hydrogens is 348 g/mol. The molecule has 4 heterocycles. The molecule has 2 aliphatic heterocycles. The van der Waals surface area contributed by atoms with Crippen molar-refractivity contribution in [2.75, 3.05) is 19.7 Å². The predicted molar refractivity (Wildman–Crippen MR) is 92.9 cm³/mol. The Morgan fingerprint density at radius 3 is 2.92 bits per heavy atom. The molecule has 0 aliphatic carbocycles. The minimum atomic E-state index is -0.383. The smallest absolute Gasteiger partial charge is 0.266 e. The maximum atomic E-state index is 12.6. The van der Waals surface area contributed by atoms with E-state index in [1.165, 1.54) is 22.7 Å². The predicted octanol–water partition coefficient (Wildman–Crippen LogP) is 2.79. The minimum Gasteiger partial charge on any atom is -0.370 e. The summed E-state index contributed by atoms with van der Waals surface area (Å²) >= 11 is 7.61. The Hall–Kier alpha value is -1.63. The van der Waals surface area contributed by atoms with Gasteiger partial charge in [0.25, 0.3) is 11.5 Å². The van der Waals surface area contributed by atoms with Crippen LogP contribution in [0.3, 0.4) is 0 Å². The highest BCUT2D eigenvalue weighted by Gasteiger charge is 2.42. The third-order valence-electron chi connectivity index (χ3n) is 4.91. The lowest BCUT2D eigenvalue weighted by Gasteiger charge is -2.44. The Morgan fingerprint density at radius 2 is 2.17 bits per heavy atom. The largest absolute Gasteiger partial charge is 0.370 e. The van der Waals surface area contributed by atoms with Crippen LogP contribution in [0.4, 0.5) is 0 Å². The van der Waals surface area contributed by atoms with Gasteiger partial charge in [-0.1, -0.05) is 11.6 Å². The lowest BCUT2D eigenvalue weighted by Crippen LogP contribution is -2.48. The fourth-order valence-electron chi connectivity index (χ4n) is 3.60. The zero-order valence-corrected chi connectivity index (χ0v) is 14.6. The number of hydrogen-bond acceptors (Lipinski definition) is 4. The van der Waals surface area contributed by atoms with Gasteiger partial charge in [-0.15, -0.1) is 11.3 Å². The molecule has 0 bridgehead atoms. The second-order valence-corrected chi connectivity index (χ2v) is 7.62. The molecule has 24 heavy (non-hydrogen) atoms. The van der Waals surface area contributed by atoms with Crippen LogP contribution in [-0.2, 0) is 16.8 Å². The number of aromatic nitrogens is 1. The summed E-state index contributed by atoms with van der Waals surface area (Å²) in [5.41, 5.74) is 1.09. The molecule has 4 rings (SSSR count). The summed E-state index contributed by atoms with van der Waals surface area (Å²) in [6, 6.07) is 3.60. The number of ether oxygens (including phenoxy) is 1. The quantitative estimate of drug-likeness (QED) is 0.846. The fraction of sp³-hybridized carbons (Fsp3) is 0.412. The zero-order valence-electron chi connectivity index (χ0n) is 13.0. The van der Waals surface area contributed by atoms with Crippen LogP contribution in [0.15, 0.2) is 28.5 Å². The molecule has 0 radical (unpaired) electrons. The van der Waals surface area contributed by atoms with Gasteiger partial charge in [0.05, 0.1) is 17.8 Å². The number of hydrogen-bond donors (Lipinski definition) is 1. The van der Waals surface area contributed by atoms with Crippen molar-refractivity contribution in [3.8, 4) is 0 Å². The molecule has 1 spiro atoms. The van der Waals surface area contributed by atoms with Crippen LogP contribution in [0.25, 0.3) is 0 Å². The maximum absolute atomic E-state index is 12.6. The van der Waals surface area contributed by atoms with Gasteiger partial charge in [0.15, 0.2) is 0 Å². The molecule has 2 aliphatic rings. The van der Waals surface area contributed by atoms with Gasteiger partial charge in [-0.05, 0) is 35.9 Å². The number of rotatable bonds is 1. The molecular formula is C17H17ClN2O3S. The third kappa shape index (κ3) is 2.59. The highest BCUT2D eigenvalue weighted by Crippen LogP contribution is 2.43. The second-order valence-electron chi connectivity index (χ2n) is 6.21. The first kappa shape index (κ1) is 15.9. The number of nitrogens with one attached hydrogen (secondary N) is 1. The summed E-state index contributed by atoms with van der Waals surface area (Å²) < 4.78 is 6.16. The number of thiophene rings is 1. The van der Waals surface area contributed by atoms with Crippen LogP contribution >= 0.6 is 22.9 Å². The first-order valence-corrected chi connectivity index (χ1v) is 9.23. The number of piperidine rings is 1. The summed E-state index contributed by atoms with van der Waals surface area (Å²) in [6.07, 6.45) is 3.99. The Morgan fingerprint density at radius 1 is 1.38 bits per heavy atom. The number of likely N-dealkylation sites (tertiary alicyclic amines) is 1. The number of H-pyrrole nitrogens is 1. The SMILES string of the molecule is O=C(c1c[nH]c(=O)c(Cl)c1)N1CCC2(CC1)OCCc1sccc12. The molecule has 0 aromatic carbocycles. The van der Waals surface area contributed by atoms with Crippen LogP contribution in [0.1, 0.15) is 33.6 Å². The van der Waals surface area contributed by atoms with E-state index >= 15 is 0 Å². The van der Waals surface area contributed by atoms with Gasteiger partial charge in [0, 0.05) is 30.6 Å². The summed E-state index contributed by atoms with van der Waals surface area (Å²) in [7, 11) is 0. The van der Waals surface area contributed by atoms with Crippen LogP contribution in [0.5, 0.6) is 0 Å². The number of halogens is 1. The molecule has 1 amide bonds. The monoisotopic (exact) mass is 364 g/mol.